The minimum atomic E-state index is 0.542. The number of H-pyrrole nitrogens is 1. The lowest BCUT2D eigenvalue weighted by molar-refractivity contribution is 0.0552. The van der Waals surface area contributed by atoms with Gasteiger partial charge in [0.05, 0.1) is 0 Å². The maximum atomic E-state index is 5.47. The van der Waals surface area contributed by atoms with E-state index in [1.165, 1.54) is 32.4 Å². The summed E-state index contributed by atoms with van der Waals surface area (Å²) in [6, 6.07) is 10.8. The quantitative estimate of drug-likeness (QED) is 0.842. The predicted molar refractivity (Wildman–Crippen MR) is 97.0 cm³/mol. The van der Waals surface area contributed by atoms with E-state index in [1.807, 2.05) is 18.2 Å². The highest BCUT2D eigenvalue weighted by atomic mass is 16.5. The van der Waals surface area contributed by atoms with Crippen LogP contribution in [0.15, 0.2) is 30.3 Å². The average molecular weight is 341 g/mol. The Bertz CT molecular complexity index is 653. The van der Waals surface area contributed by atoms with Gasteiger partial charge in [0.15, 0.2) is 0 Å². The van der Waals surface area contributed by atoms with Gasteiger partial charge in [-0.05, 0) is 31.7 Å². The van der Waals surface area contributed by atoms with Gasteiger partial charge in [-0.25, -0.2) is 0 Å². The molecule has 2 saturated heterocycles. The molecule has 134 valence electrons. The summed E-state index contributed by atoms with van der Waals surface area (Å²) < 4.78 is 5.47. The summed E-state index contributed by atoms with van der Waals surface area (Å²) in [6.07, 6.45) is 3.64. The Morgan fingerprint density at radius 3 is 2.80 bits per heavy atom. The molecular weight excluding hydrogens is 314 g/mol. The van der Waals surface area contributed by atoms with E-state index < -0.39 is 0 Å². The second-order valence-electron chi connectivity index (χ2n) is 7.17. The Hall–Kier alpha value is -1.76. The molecule has 0 amide bonds. The molecule has 0 radical (unpaired) electrons. The van der Waals surface area contributed by atoms with Crippen LogP contribution in [0.3, 0.4) is 0 Å². The molecule has 0 bridgehead atoms. The fourth-order valence-electron chi connectivity index (χ4n) is 3.90. The van der Waals surface area contributed by atoms with Gasteiger partial charge in [-0.15, -0.1) is 0 Å². The third kappa shape index (κ3) is 4.26. The fourth-order valence-corrected chi connectivity index (χ4v) is 3.90. The molecule has 2 fully saturated rings. The molecule has 4 rings (SSSR count). The van der Waals surface area contributed by atoms with E-state index in [0.717, 1.165) is 49.2 Å². The number of ether oxygens (including phenoxy) is 1. The molecule has 1 atom stereocenters. The lowest BCUT2D eigenvalue weighted by Crippen LogP contribution is -2.35. The van der Waals surface area contributed by atoms with Gasteiger partial charge in [-0.1, -0.05) is 30.3 Å². The highest BCUT2D eigenvalue weighted by molar-refractivity contribution is 5.60. The highest BCUT2D eigenvalue weighted by Crippen LogP contribution is 2.21. The average Bonchev–Trinajstić information content (AvgIpc) is 3.31. The van der Waals surface area contributed by atoms with Crippen LogP contribution >= 0.6 is 0 Å². The first-order valence-corrected chi connectivity index (χ1v) is 9.37. The molecule has 2 N–H and O–H groups in total. The number of aromatic amines is 1. The van der Waals surface area contributed by atoms with E-state index in [4.69, 9.17) is 4.74 Å². The molecule has 1 aromatic carbocycles. The first-order valence-electron chi connectivity index (χ1n) is 9.37. The number of nitrogens with zero attached hydrogens (tertiary/aromatic N) is 3. The summed E-state index contributed by atoms with van der Waals surface area (Å²) in [5, 5.41) is 15.1. The smallest absolute Gasteiger partial charge is 0.117 e. The first kappa shape index (κ1) is 16.7. The lowest BCUT2D eigenvalue weighted by Gasteiger charge is -2.27. The van der Waals surface area contributed by atoms with E-state index in [0.29, 0.717) is 6.04 Å². The number of hydrogen-bond acceptors (Lipinski definition) is 5. The van der Waals surface area contributed by atoms with Crippen LogP contribution in [0.25, 0.3) is 11.3 Å². The molecule has 1 aromatic heterocycles. The molecule has 6 nitrogen and oxygen atoms in total. The van der Waals surface area contributed by atoms with Crippen LogP contribution in [0.5, 0.6) is 0 Å². The minimum absolute atomic E-state index is 0.542. The van der Waals surface area contributed by atoms with Gasteiger partial charge >= 0.3 is 0 Å². The van der Waals surface area contributed by atoms with E-state index in [1.54, 1.807) is 0 Å². The summed E-state index contributed by atoms with van der Waals surface area (Å²) in [6.45, 7) is 6.19. The summed E-state index contributed by atoms with van der Waals surface area (Å²) in [4.78, 5) is 2.61. The van der Waals surface area contributed by atoms with Crippen molar-refractivity contribution < 1.29 is 4.74 Å². The highest BCUT2D eigenvalue weighted by Gasteiger charge is 2.25. The van der Waals surface area contributed by atoms with Gasteiger partial charge in [0.25, 0.3) is 0 Å². The Balaban J connectivity index is 1.28. The molecule has 0 unspecified atom stereocenters. The van der Waals surface area contributed by atoms with Crippen molar-refractivity contribution in [2.45, 2.75) is 31.8 Å². The van der Waals surface area contributed by atoms with E-state index in [-0.39, 0.29) is 0 Å². The first-order chi connectivity index (χ1) is 12.4. The van der Waals surface area contributed by atoms with Crippen molar-refractivity contribution in [1.29, 1.82) is 0 Å². The molecule has 2 aromatic rings. The summed E-state index contributed by atoms with van der Waals surface area (Å²) in [7, 11) is 0. The standard InChI is InChI=1S/C19H27N5O/c1-2-4-16(5-3-1)19-18(21-23-22-19)12-20-17-6-9-24(14-17)13-15-7-10-25-11-8-15/h1-5,15,17,20H,6-14H2,(H,21,22,23)/t17-/m0/s1. The third-order valence-corrected chi connectivity index (χ3v) is 5.36. The van der Waals surface area contributed by atoms with Crippen LogP contribution in [0.1, 0.15) is 25.0 Å². The Morgan fingerprint density at radius 2 is 1.96 bits per heavy atom. The van der Waals surface area contributed by atoms with Crippen molar-refractivity contribution in [3.05, 3.63) is 36.0 Å². The monoisotopic (exact) mass is 341 g/mol. The van der Waals surface area contributed by atoms with Crippen LogP contribution in [0.2, 0.25) is 0 Å². The normalized spacial score (nSPS) is 22.5. The number of hydrogen-bond donors (Lipinski definition) is 2. The summed E-state index contributed by atoms with van der Waals surface area (Å²) >= 11 is 0. The Morgan fingerprint density at radius 1 is 1.12 bits per heavy atom. The summed E-state index contributed by atoms with van der Waals surface area (Å²) in [5.41, 5.74) is 3.06. The largest absolute Gasteiger partial charge is 0.381 e. The zero-order valence-corrected chi connectivity index (χ0v) is 14.7. The van der Waals surface area contributed by atoms with Crippen LogP contribution in [-0.2, 0) is 11.3 Å². The van der Waals surface area contributed by atoms with Gasteiger partial charge in [-0.3, -0.25) is 0 Å². The number of rotatable bonds is 6. The van der Waals surface area contributed by atoms with Gasteiger partial charge < -0.3 is 15.0 Å². The van der Waals surface area contributed by atoms with Gasteiger partial charge in [-0.2, -0.15) is 15.4 Å². The molecule has 0 saturated carbocycles. The van der Waals surface area contributed by atoms with E-state index in [2.05, 4.69) is 37.8 Å². The molecular formula is C19H27N5O. The molecule has 3 heterocycles. The maximum absolute atomic E-state index is 5.47. The fraction of sp³-hybridized carbons (Fsp3) is 0.579. The Labute approximate surface area is 148 Å². The van der Waals surface area contributed by atoms with Gasteiger partial charge in [0, 0.05) is 44.5 Å². The molecule has 0 aliphatic carbocycles. The second-order valence-corrected chi connectivity index (χ2v) is 7.17. The zero-order valence-electron chi connectivity index (χ0n) is 14.7. The van der Waals surface area contributed by atoms with Crippen LogP contribution < -0.4 is 5.32 Å². The van der Waals surface area contributed by atoms with Crippen molar-refractivity contribution in [3.8, 4) is 11.3 Å². The van der Waals surface area contributed by atoms with Crippen LogP contribution in [0.4, 0.5) is 0 Å². The van der Waals surface area contributed by atoms with Gasteiger partial charge in [0.1, 0.15) is 11.4 Å². The Kier molecular flexibility index (Phi) is 5.40. The third-order valence-electron chi connectivity index (χ3n) is 5.36. The van der Waals surface area contributed by atoms with E-state index in [9.17, 15) is 0 Å². The lowest BCUT2D eigenvalue weighted by atomic mass is 10.00. The van der Waals surface area contributed by atoms with Crippen LogP contribution in [-0.4, -0.2) is 59.2 Å². The molecule has 0 spiro atoms. The SMILES string of the molecule is c1ccc(-c2n[nH]nc2CN[C@H]2CCN(CC3CCOCC3)C2)cc1. The molecule has 6 heteroatoms. The maximum Gasteiger partial charge on any atom is 0.117 e. The molecule has 2 aliphatic rings. The van der Waals surface area contributed by atoms with Gasteiger partial charge in [0.2, 0.25) is 0 Å². The zero-order chi connectivity index (χ0) is 16.9. The molecule has 2 aliphatic heterocycles. The number of benzene rings is 1. The summed E-state index contributed by atoms with van der Waals surface area (Å²) in [5.74, 6) is 0.813. The van der Waals surface area contributed by atoms with Crippen molar-refractivity contribution in [2.24, 2.45) is 5.92 Å². The van der Waals surface area contributed by atoms with Crippen molar-refractivity contribution >= 4 is 0 Å². The van der Waals surface area contributed by atoms with E-state index >= 15 is 0 Å². The second kappa shape index (κ2) is 8.08. The number of likely N-dealkylation sites (tertiary alicyclic amines) is 1. The number of aromatic nitrogens is 3. The van der Waals surface area contributed by atoms with Crippen molar-refractivity contribution in [1.82, 2.24) is 25.6 Å². The minimum Gasteiger partial charge on any atom is -0.381 e. The predicted octanol–water partition coefficient (Wildman–Crippen LogP) is 2.06. The van der Waals surface area contributed by atoms with Crippen LogP contribution in [0, 0.1) is 5.92 Å². The number of nitrogens with one attached hydrogen (secondary N) is 2. The topological polar surface area (TPSA) is 66.1 Å². The van der Waals surface area contributed by atoms with Crippen molar-refractivity contribution in [2.75, 3.05) is 32.8 Å². The van der Waals surface area contributed by atoms with Crippen molar-refractivity contribution in [3.63, 3.8) is 0 Å². The molecule has 25 heavy (non-hydrogen) atoms.